The van der Waals surface area contributed by atoms with Crippen LogP contribution < -0.4 is 10.4 Å². The SMILES string of the molecule is CCCn1c(CCCc2ccc(OC)cc2)cn(CC2=CC3CC34C(=N2)C=CC2CC24)c1=O. The zero-order valence-electron chi connectivity index (χ0n) is 19.7. The monoisotopic (exact) mass is 443 g/mol. The van der Waals surface area contributed by atoms with Crippen molar-refractivity contribution >= 4 is 5.71 Å². The van der Waals surface area contributed by atoms with Crippen molar-refractivity contribution in [3.8, 4) is 5.75 Å². The van der Waals surface area contributed by atoms with Crippen molar-refractivity contribution in [2.45, 2.75) is 58.5 Å². The highest BCUT2D eigenvalue weighted by Gasteiger charge is 2.68. The number of fused-ring (bicyclic) bond motifs is 1. The standard InChI is InChI=1S/C28H33N3O2/c1-3-13-31-23(6-4-5-19-7-10-24(33-2)11-8-19)18-30(27(31)32)17-22-15-21-16-28(21)25-14-20(25)9-12-26(28)29-22/h7-12,15,18,20-21,25H,3-6,13-14,16-17H2,1-2H3. The molecule has 0 N–H and O–H groups in total. The fraction of sp³-hybridized carbons (Fsp3) is 0.500. The van der Waals surface area contributed by atoms with Crippen LogP contribution in [-0.2, 0) is 25.9 Å². The first-order valence-electron chi connectivity index (χ1n) is 12.5. The minimum absolute atomic E-state index is 0.103. The maximum absolute atomic E-state index is 13.2. The summed E-state index contributed by atoms with van der Waals surface area (Å²) in [7, 11) is 1.69. The highest BCUT2D eigenvalue weighted by atomic mass is 16.5. The average Bonchev–Trinajstić information content (AvgIpc) is 3.73. The van der Waals surface area contributed by atoms with Crippen LogP contribution in [0.1, 0.15) is 43.9 Å². The number of methoxy groups -OCH3 is 1. The molecule has 0 bridgehead atoms. The number of imidazole rings is 1. The average molecular weight is 444 g/mol. The van der Waals surface area contributed by atoms with E-state index in [4.69, 9.17) is 9.73 Å². The Balaban J connectivity index is 1.17. The van der Waals surface area contributed by atoms with Gasteiger partial charge in [0.2, 0.25) is 0 Å². The molecular weight excluding hydrogens is 410 g/mol. The van der Waals surface area contributed by atoms with Crippen molar-refractivity contribution in [1.29, 1.82) is 0 Å². The molecule has 4 aliphatic rings. The van der Waals surface area contributed by atoms with Crippen molar-refractivity contribution in [3.63, 3.8) is 0 Å². The van der Waals surface area contributed by atoms with E-state index in [1.807, 2.05) is 21.3 Å². The Morgan fingerprint density at radius 2 is 2.06 bits per heavy atom. The molecule has 1 aromatic heterocycles. The van der Waals surface area contributed by atoms with E-state index in [0.29, 0.717) is 17.9 Å². The summed E-state index contributed by atoms with van der Waals surface area (Å²) in [4.78, 5) is 18.3. The number of aliphatic imine (C=N–C) groups is 1. The molecule has 4 atom stereocenters. The zero-order valence-corrected chi connectivity index (χ0v) is 19.7. The smallest absolute Gasteiger partial charge is 0.328 e. The molecule has 4 unspecified atom stereocenters. The van der Waals surface area contributed by atoms with Gasteiger partial charge in [-0.25, -0.2) is 4.79 Å². The topological polar surface area (TPSA) is 48.5 Å². The number of aryl methyl sites for hydroxylation is 2. The number of hydrogen-bond donors (Lipinski definition) is 0. The minimum Gasteiger partial charge on any atom is -0.497 e. The molecule has 33 heavy (non-hydrogen) atoms. The number of allylic oxidation sites excluding steroid dienone is 4. The maximum atomic E-state index is 13.2. The molecule has 2 fully saturated rings. The lowest BCUT2D eigenvalue weighted by Crippen LogP contribution is -2.28. The first kappa shape index (κ1) is 20.8. The van der Waals surface area contributed by atoms with E-state index in [2.05, 4.69) is 43.5 Å². The Bertz CT molecular complexity index is 1210. The molecule has 2 aromatic rings. The molecule has 6 rings (SSSR count). The summed E-state index contributed by atoms with van der Waals surface area (Å²) in [6, 6.07) is 8.27. The van der Waals surface area contributed by atoms with Crippen molar-refractivity contribution in [2.24, 2.45) is 28.2 Å². The number of nitrogens with zero attached hydrogens (tertiary/aromatic N) is 3. The van der Waals surface area contributed by atoms with Crippen molar-refractivity contribution in [1.82, 2.24) is 9.13 Å². The summed E-state index contributed by atoms with van der Waals surface area (Å²) in [5, 5.41) is 0. The van der Waals surface area contributed by atoms with E-state index in [-0.39, 0.29) is 5.69 Å². The number of hydrogen-bond acceptors (Lipinski definition) is 3. The highest BCUT2D eigenvalue weighted by molar-refractivity contribution is 6.05. The normalized spacial score (nSPS) is 28.4. The van der Waals surface area contributed by atoms with Crippen LogP contribution in [0.2, 0.25) is 0 Å². The predicted molar refractivity (Wildman–Crippen MR) is 131 cm³/mol. The van der Waals surface area contributed by atoms with Crippen LogP contribution in [0.25, 0.3) is 0 Å². The predicted octanol–water partition coefficient (Wildman–Crippen LogP) is 4.79. The summed E-state index contributed by atoms with van der Waals surface area (Å²) >= 11 is 0. The van der Waals surface area contributed by atoms with Gasteiger partial charge in [-0.3, -0.25) is 14.1 Å². The molecule has 0 radical (unpaired) electrons. The van der Waals surface area contributed by atoms with Gasteiger partial charge in [0.15, 0.2) is 0 Å². The Hall–Kier alpha value is -2.82. The Labute approximate surface area is 195 Å². The van der Waals surface area contributed by atoms with E-state index < -0.39 is 0 Å². The highest BCUT2D eigenvalue weighted by Crippen LogP contribution is 2.72. The third-order valence-electron chi connectivity index (χ3n) is 8.16. The zero-order chi connectivity index (χ0) is 22.6. The molecule has 5 nitrogen and oxygen atoms in total. The van der Waals surface area contributed by atoms with Gasteiger partial charge < -0.3 is 4.74 Å². The lowest BCUT2D eigenvalue weighted by molar-refractivity contribution is 0.414. The number of aromatic nitrogens is 2. The third-order valence-corrected chi connectivity index (χ3v) is 8.16. The lowest BCUT2D eigenvalue weighted by atomic mass is 9.84. The van der Waals surface area contributed by atoms with Gasteiger partial charge in [0.25, 0.3) is 0 Å². The molecule has 2 saturated carbocycles. The quantitative estimate of drug-likeness (QED) is 0.559. The molecule has 2 heterocycles. The Morgan fingerprint density at radius 3 is 2.85 bits per heavy atom. The van der Waals surface area contributed by atoms with Crippen LogP contribution in [0.15, 0.2) is 64.2 Å². The van der Waals surface area contributed by atoms with Gasteiger partial charge in [-0.15, -0.1) is 0 Å². The van der Waals surface area contributed by atoms with Crippen LogP contribution in [0.4, 0.5) is 0 Å². The second kappa shape index (κ2) is 7.89. The second-order valence-corrected chi connectivity index (χ2v) is 10.3. The largest absolute Gasteiger partial charge is 0.497 e. The Morgan fingerprint density at radius 1 is 1.21 bits per heavy atom. The van der Waals surface area contributed by atoms with Crippen molar-refractivity contribution in [3.05, 3.63) is 76.1 Å². The third kappa shape index (κ3) is 3.53. The number of ether oxygens (including phenoxy) is 1. The first-order valence-corrected chi connectivity index (χ1v) is 12.5. The summed E-state index contributed by atoms with van der Waals surface area (Å²) in [6.07, 6.45) is 15.5. The van der Waals surface area contributed by atoms with Gasteiger partial charge >= 0.3 is 5.69 Å². The van der Waals surface area contributed by atoms with Gasteiger partial charge in [-0.05, 0) is 80.1 Å². The number of rotatable bonds is 9. The summed E-state index contributed by atoms with van der Waals surface area (Å²) in [5.74, 6) is 3.15. The fourth-order valence-corrected chi connectivity index (χ4v) is 6.27. The van der Waals surface area contributed by atoms with Crippen LogP contribution >= 0.6 is 0 Å². The summed E-state index contributed by atoms with van der Waals surface area (Å²) < 4.78 is 9.11. The Kier molecular flexibility index (Phi) is 4.97. The van der Waals surface area contributed by atoms with Crippen molar-refractivity contribution in [2.75, 3.05) is 7.11 Å². The fourth-order valence-electron chi connectivity index (χ4n) is 6.27. The molecule has 1 spiro atoms. The molecular formula is C28H33N3O2. The molecule has 1 aliphatic heterocycles. The van der Waals surface area contributed by atoms with Crippen LogP contribution in [0, 0.1) is 23.2 Å². The van der Waals surface area contributed by atoms with Gasteiger partial charge in [0.05, 0.1) is 19.4 Å². The second-order valence-electron chi connectivity index (χ2n) is 10.3. The van der Waals surface area contributed by atoms with Gasteiger partial charge in [-0.2, -0.15) is 0 Å². The lowest BCUT2D eigenvalue weighted by Gasteiger charge is -2.24. The van der Waals surface area contributed by atoms with Crippen LogP contribution in [-0.4, -0.2) is 22.0 Å². The van der Waals surface area contributed by atoms with Crippen LogP contribution in [0.3, 0.4) is 0 Å². The molecule has 3 aliphatic carbocycles. The number of benzene rings is 1. The molecule has 0 saturated heterocycles. The molecule has 5 heteroatoms. The van der Waals surface area contributed by atoms with Gasteiger partial charge in [0.1, 0.15) is 5.75 Å². The summed E-state index contributed by atoms with van der Waals surface area (Å²) in [5.41, 5.74) is 5.24. The summed E-state index contributed by atoms with van der Waals surface area (Å²) in [6.45, 7) is 3.49. The first-order chi connectivity index (χ1) is 16.1. The van der Waals surface area contributed by atoms with Gasteiger partial charge in [-0.1, -0.05) is 31.2 Å². The van der Waals surface area contributed by atoms with E-state index in [9.17, 15) is 4.79 Å². The van der Waals surface area contributed by atoms with E-state index in [1.54, 1.807) is 7.11 Å². The molecule has 172 valence electrons. The van der Waals surface area contributed by atoms with E-state index in [0.717, 1.165) is 61.2 Å². The van der Waals surface area contributed by atoms with Gasteiger partial charge in [0, 0.05) is 29.6 Å². The van der Waals surface area contributed by atoms with Crippen LogP contribution in [0.5, 0.6) is 5.75 Å². The molecule has 0 amide bonds. The maximum Gasteiger partial charge on any atom is 0.328 e. The van der Waals surface area contributed by atoms with Crippen molar-refractivity contribution < 1.29 is 4.74 Å². The van der Waals surface area contributed by atoms with E-state index >= 15 is 0 Å². The minimum atomic E-state index is 0.103. The molecule has 1 aromatic carbocycles. The van der Waals surface area contributed by atoms with E-state index in [1.165, 1.54) is 24.1 Å².